The smallest absolute Gasteiger partial charge is 0.123 e. The van der Waals surface area contributed by atoms with Gasteiger partial charge in [0.1, 0.15) is 5.82 Å². The zero-order valence-electron chi connectivity index (χ0n) is 12.4. The zero-order chi connectivity index (χ0) is 15.2. The lowest BCUT2D eigenvalue weighted by molar-refractivity contribution is 0.530. The highest BCUT2D eigenvalue weighted by Crippen LogP contribution is 2.25. The van der Waals surface area contributed by atoms with E-state index in [1.54, 1.807) is 12.3 Å². The van der Waals surface area contributed by atoms with Crippen molar-refractivity contribution in [2.45, 2.75) is 32.7 Å². The van der Waals surface area contributed by atoms with Gasteiger partial charge in [0.05, 0.1) is 11.7 Å². The number of pyridine rings is 1. The van der Waals surface area contributed by atoms with E-state index in [1.807, 2.05) is 6.07 Å². The highest BCUT2D eigenvalue weighted by Gasteiger charge is 2.17. The van der Waals surface area contributed by atoms with E-state index in [0.717, 1.165) is 24.2 Å². The van der Waals surface area contributed by atoms with Gasteiger partial charge in [-0.1, -0.05) is 31.5 Å². The van der Waals surface area contributed by atoms with Crippen molar-refractivity contribution in [2.75, 3.05) is 6.54 Å². The Morgan fingerprint density at radius 1 is 1.24 bits per heavy atom. The Balaban J connectivity index is 2.33. The summed E-state index contributed by atoms with van der Waals surface area (Å²) in [5.41, 5.74) is 3.02. The third kappa shape index (κ3) is 4.02. The van der Waals surface area contributed by atoms with E-state index in [0.29, 0.717) is 11.4 Å². The van der Waals surface area contributed by atoms with Crippen molar-refractivity contribution in [1.29, 1.82) is 0 Å². The number of aryl methyl sites for hydroxylation is 1. The molecule has 0 amide bonds. The van der Waals surface area contributed by atoms with Crippen LogP contribution in [0.25, 0.3) is 0 Å². The standard InChI is InChI=1S/C17H20ClFN2/c1-3-12-6-5-9-21-17(12)16(20-4-2)11-13-10-14(19)7-8-15(13)18/h5-10,16,20H,3-4,11H2,1-2H3. The van der Waals surface area contributed by atoms with Crippen LogP contribution in [-0.4, -0.2) is 11.5 Å². The highest BCUT2D eigenvalue weighted by atomic mass is 35.5. The van der Waals surface area contributed by atoms with Crippen LogP contribution in [0.1, 0.15) is 36.7 Å². The average molecular weight is 307 g/mol. The van der Waals surface area contributed by atoms with Gasteiger partial charge in [-0.15, -0.1) is 0 Å². The van der Waals surface area contributed by atoms with E-state index in [4.69, 9.17) is 11.6 Å². The molecule has 112 valence electrons. The molecule has 0 saturated carbocycles. The van der Waals surface area contributed by atoms with Crippen molar-refractivity contribution in [3.8, 4) is 0 Å². The molecule has 1 heterocycles. The molecule has 21 heavy (non-hydrogen) atoms. The average Bonchev–Trinajstić information content (AvgIpc) is 2.50. The number of nitrogens with one attached hydrogen (secondary N) is 1. The van der Waals surface area contributed by atoms with E-state index in [9.17, 15) is 4.39 Å². The number of hydrogen-bond acceptors (Lipinski definition) is 2. The van der Waals surface area contributed by atoms with Gasteiger partial charge in [0.25, 0.3) is 0 Å². The predicted molar refractivity (Wildman–Crippen MR) is 85.1 cm³/mol. The first-order valence-corrected chi connectivity index (χ1v) is 7.64. The van der Waals surface area contributed by atoms with Crippen LogP contribution in [0.5, 0.6) is 0 Å². The molecule has 0 aliphatic rings. The molecule has 2 aromatic rings. The molecule has 0 saturated heterocycles. The van der Waals surface area contributed by atoms with Gasteiger partial charge < -0.3 is 5.32 Å². The van der Waals surface area contributed by atoms with Crippen LogP contribution in [0.2, 0.25) is 5.02 Å². The van der Waals surface area contributed by atoms with Gasteiger partial charge in [0.2, 0.25) is 0 Å². The lowest BCUT2D eigenvalue weighted by atomic mass is 9.98. The molecule has 0 spiro atoms. The lowest BCUT2D eigenvalue weighted by Crippen LogP contribution is -2.25. The van der Waals surface area contributed by atoms with E-state index >= 15 is 0 Å². The number of halogens is 2. The summed E-state index contributed by atoms with van der Waals surface area (Å²) in [4.78, 5) is 4.52. The number of rotatable bonds is 6. The molecule has 1 unspecified atom stereocenters. The van der Waals surface area contributed by atoms with Gasteiger partial charge in [-0.3, -0.25) is 4.98 Å². The Kier molecular flexibility index (Phi) is 5.71. The summed E-state index contributed by atoms with van der Waals surface area (Å²) < 4.78 is 13.4. The van der Waals surface area contributed by atoms with Crippen LogP contribution in [0.15, 0.2) is 36.5 Å². The quantitative estimate of drug-likeness (QED) is 0.859. The minimum atomic E-state index is -0.263. The fraction of sp³-hybridized carbons (Fsp3) is 0.353. The summed E-state index contributed by atoms with van der Waals surface area (Å²) in [5.74, 6) is -0.263. The zero-order valence-corrected chi connectivity index (χ0v) is 13.1. The summed E-state index contributed by atoms with van der Waals surface area (Å²) in [6, 6.07) is 8.55. The van der Waals surface area contributed by atoms with Crippen LogP contribution in [0, 0.1) is 5.82 Å². The summed E-state index contributed by atoms with van der Waals surface area (Å²) in [6.07, 6.45) is 3.34. The van der Waals surface area contributed by atoms with Crippen LogP contribution >= 0.6 is 11.6 Å². The van der Waals surface area contributed by atoms with E-state index in [-0.39, 0.29) is 11.9 Å². The summed E-state index contributed by atoms with van der Waals surface area (Å²) >= 11 is 6.19. The van der Waals surface area contributed by atoms with Crippen LogP contribution in [-0.2, 0) is 12.8 Å². The molecule has 1 atom stereocenters. The maximum absolute atomic E-state index is 13.4. The fourth-order valence-corrected chi connectivity index (χ4v) is 2.69. The first-order valence-electron chi connectivity index (χ1n) is 7.26. The molecular formula is C17H20ClFN2. The maximum atomic E-state index is 13.4. The summed E-state index contributed by atoms with van der Waals surface area (Å²) in [6.45, 7) is 4.98. The van der Waals surface area contributed by atoms with Crippen molar-refractivity contribution < 1.29 is 4.39 Å². The topological polar surface area (TPSA) is 24.9 Å². The Labute approximate surface area is 130 Å². The van der Waals surface area contributed by atoms with Gasteiger partial charge in [0.15, 0.2) is 0 Å². The third-order valence-corrected chi connectivity index (χ3v) is 3.89. The molecule has 0 radical (unpaired) electrons. The molecule has 2 rings (SSSR count). The minimum absolute atomic E-state index is 0.0328. The number of benzene rings is 1. The van der Waals surface area contributed by atoms with Crippen LogP contribution in [0.3, 0.4) is 0 Å². The first kappa shape index (κ1) is 15.9. The van der Waals surface area contributed by atoms with Gasteiger partial charge in [-0.2, -0.15) is 0 Å². The van der Waals surface area contributed by atoms with Crippen LogP contribution in [0.4, 0.5) is 4.39 Å². The summed E-state index contributed by atoms with van der Waals surface area (Å²) in [5, 5.41) is 4.02. The second-order valence-corrected chi connectivity index (χ2v) is 5.36. The normalized spacial score (nSPS) is 12.4. The van der Waals surface area contributed by atoms with Gasteiger partial charge in [-0.25, -0.2) is 4.39 Å². The van der Waals surface area contributed by atoms with E-state index in [1.165, 1.54) is 17.7 Å². The van der Waals surface area contributed by atoms with Crippen molar-refractivity contribution in [2.24, 2.45) is 0 Å². The molecule has 1 aromatic carbocycles. The molecule has 2 nitrogen and oxygen atoms in total. The molecule has 0 fully saturated rings. The molecular weight excluding hydrogens is 287 g/mol. The van der Waals surface area contributed by atoms with Gasteiger partial charge in [0, 0.05) is 11.2 Å². The molecule has 1 aromatic heterocycles. The number of likely N-dealkylation sites (N-methyl/N-ethyl adjacent to an activating group) is 1. The first-order chi connectivity index (χ1) is 10.2. The van der Waals surface area contributed by atoms with Crippen molar-refractivity contribution >= 4 is 11.6 Å². The summed E-state index contributed by atoms with van der Waals surface area (Å²) in [7, 11) is 0. The Bertz CT molecular complexity index is 601. The highest BCUT2D eigenvalue weighted by molar-refractivity contribution is 6.31. The van der Waals surface area contributed by atoms with Gasteiger partial charge >= 0.3 is 0 Å². The third-order valence-electron chi connectivity index (χ3n) is 3.52. The molecule has 0 bridgehead atoms. The monoisotopic (exact) mass is 306 g/mol. The van der Waals surface area contributed by atoms with E-state index < -0.39 is 0 Å². The fourth-order valence-electron chi connectivity index (χ4n) is 2.50. The predicted octanol–water partition coefficient (Wildman–Crippen LogP) is 4.33. The molecule has 0 aliphatic carbocycles. The van der Waals surface area contributed by atoms with Crippen molar-refractivity contribution in [3.63, 3.8) is 0 Å². The Morgan fingerprint density at radius 3 is 2.76 bits per heavy atom. The van der Waals surface area contributed by atoms with E-state index in [2.05, 4.69) is 30.2 Å². The van der Waals surface area contributed by atoms with Crippen molar-refractivity contribution in [3.05, 3.63) is 64.2 Å². The maximum Gasteiger partial charge on any atom is 0.123 e. The van der Waals surface area contributed by atoms with Crippen molar-refractivity contribution in [1.82, 2.24) is 10.3 Å². The molecule has 4 heteroatoms. The lowest BCUT2D eigenvalue weighted by Gasteiger charge is -2.20. The number of aromatic nitrogens is 1. The molecule has 0 aliphatic heterocycles. The second-order valence-electron chi connectivity index (χ2n) is 4.95. The van der Waals surface area contributed by atoms with Crippen LogP contribution < -0.4 is 5.32 Å². The minimum Gasteiger partial charge on any atom is -0.309 e. The van der Waals surface area contributed by atoms with Gasteiger partial charge in [-0.05, 0) is 54.8 Å². The SMILES string of the molecule is CCNC(Cc1cc(F)ccc1Cl)c1ncccc1CC. The Morgan fingerprint density at radius 2 is 2.05 bits per heavy atom. The number of hydrogen-bond donors (Lipinski definition) is 1. The number of nitrogens with zero attached hydrogens (tertiary/aromatic N) is 1. The second kappa shape index (κ2) is 7.53. The molecule has 1 N–H and O–H groups in total. The largest absolute Gasteiger partial charge is 0.309 e. The Hall–Kier alpha value is -1.45.